The molecule has 0 spiro atoms. The molecular weight excluding hydrogens is 268 g/mol. The first kappa shape index (κ1) is 15.7. The van der Waals surface area contributed by atoms with Gasteiger partial charge in [0.15, 0.2) is 5.69 Å². The topological polar surface area (TPSA) is 67.3 Å². The smallest absolute Gasteiger partial charge is 0.358 e. The van der Waals surface area contributed by atoms with Gasteiger partial charge in [-0.3, -0.25) is 4.90 Å². The number of carbonyl (C=O) groups excluding carboxylic acids is 1. The first-order chi connectivity index (χ1) is 10.1. The first-order valence-corrected chi connectivity index (χ1v) is 7.50. The molecule has 0 saturated carbocycles. The summed E-state index contributed by atoms with van der Waals surface area (Å²) in [5, 5.41) is 11.2. The number of methoxy groups -OCH3 is 1. The van der Waals surface area contributed by atoms with Crippen LogP contribution in [0.4, 0.5) is 5.82 Å². The van der Waals surface area contributed by atoms with Gasteiger partial charge in [0.05, 0.1) is 7.11 Å². The van der Waals surface area contributed by atoms with Crippen LogP contribution in [0, 0.1) is 5.92 Å². The van der Waals surface area contributed by atoms with Crippen LogP contribution in [-0.2, 0) is 4.74 Å². The predicted molar refractivity (Wildman–Crippen MR) is 81.3 cm³/mol. The second-order valence-electron chi connectivity index (χ2n) is 5.86. The fourth-order valence-electron chi connectivity index (χ4n) is 2.70. The number of hydrogen-bond acceptors (Lipinski definition) is 6. The fraction of sp³-hybridized carbons (Fsp3) is 0.667. The Bertz CT molecular complexity index is 461. The Morgan fingerprint density at radius 1 is 1.48 bits per heavy atom. The first-order valence-electron chi connectivity index (χ1n) is 7.50. The molecule has 1 aliphatic heterocycles. The summed E-state index contributed by atoms with van der Waals surface area (Å²) in [6.45, 7) is 7.68. The number of nitrogens with zero attached hydrogens (tertiary/aromatic N) is 3. The molecule has 2 rings (SSSR count). The average molecular weight is 292 g/mol. The van der Waals surface area contributed by atoms with Crippen LogP contribution in [0.15, 0.2) is 12.1 Å². The molecule has 1 N–H and O–H groups in total. The van der Waals surface area contributed by atoms with Gasteiger partial charge in [-0.15, -0.1) is 10.2 Å². The van der Waals surface area contributed by atoms with Crippen molar-refractivity contribution >= 4 is 11.8 Å². The van der Waals surface area contributed by atoms with Gasteiger partial charge in [-0.25, -0.2) is 4.79 Å². The van der Waals surface area contributed by atoms with E-state index in [1.54, 1.807) is 12.1 Å². The second-order valence-corrected chi connectivity index (χ2v) is 5.86. The predicted octanol–water partition coefficient (Wildman–Crippen LogP) is 1.80. The van der Waals surface area contributed by atoms with Gasteiger partial charge in [-0.05, 0) is 37.4 Å². The molecule has 0 aromatic carbocycles. The van der Waals surface area contributed by atoms with Gasteiger partial charge in [0.25, 0.3) is 0 Å². The van der Waals surface area contributed by atoms with E-state index in [2.05, 4.69) is 39.0 Å². The van der Waals surface area contributed by atoms with Gasteiger partial charge in [-0.1, -0.05) is 13.8 Å². The Hall–Kier alpha value is -1.69. The highest BCUT2D eigenvalue weighted by atomic mass is 16.5. The number of aromatic nitrogens is 2. The summed E-state index contributed by atoms with van der Waals surface area (Å²) in [4.78, 5) is 13.8. The monoisotopic (exact) mass is 292 g/mol. The molecule has 0 aliphatic carbocycles. The van der Waals surface area contributed by atoms with Gasteiger partial charge in [0.1, 0.15) is 5.82 Å². The van der Waals surface area contributed by atoms with E-state index in [0.29, 0.717) is 17.8 Å². The van der Waals surface area contributed by atoms with E-state index in [1.807, 2.05) is 0 Å². The Kier molecular flexibility index (Phi) is 5.50. The van der Waals surface area contributed by atoms with Crippen LogP contribution in [0.2, 0.25) is 0 Å². The van der Waals surface area contributed by atoms with E-state index in [1.165, 1.54) is 26.5 Å². The standard InChI is InChI=1S/C15H24N4O2/c1-11(2)10-19-8-4-5-12(19)9-16-14-7-6-13(17-18-14)15(20)21-3/h6-7,11-12H,4-5,8-10H2,1-3H3,(H,16,18)/t12-/m1/s1. The van der Waals surface area contributed by atoms with E-state index in [9.17, 15) is 4.79 Å². The number of esters is 1. The van der Waals surface area contributed by atoms with Gasteiger partial charge in [0.2, 0.25) is 0 Å². The van der Waals surface area contributed by atoms with Crippen LogP contribution in [0.3, 0.4) is 0 Å². The number of anilines is 1. The number of rotatable bonds is 6. The van der Waals surface area contributed by atoms with Crippen molar-refractivity contribution in [3.63, 3.8) is 0 Å². The highest BCUT2D eigenvalue weighted by Gasteiger charge is 2.24. The normalized spacial score (nSPS) is 19.0. The minimum absolute atomic E-state index is 0.227. The quantitative estimate of drug-likeness (QED) is 0.806. The van der Waals surface area contributed by atoms with Crippen LogP contribution in [0.1, 0.15) is 37.2 Å². The number of likely N-dealkylation sites (tertiary alicyclic amines) is 1. The van der Waals surface area contributed by atoms with Crippen molar-refractivity contribution < 1.29 is 9.53 Å². The van der Waals surface area contributed by atoms with Crippen molar-refractivity contribution in [1.29, 1.82) is 0 Å². The molecule has 0 amide bonds. The molecular formula is C15H24N4O2. The zero-order valence-corrected chi connectivity index (χ0v) is 13.0. The summed E-state index contributed by atoms with van der Waals surface area (Å²) < 4.78 is 4.60. The number of hydrogen-bond donors (Lipinski definition) is 1. The van der Waals surface area contributed by atoms with E-state index in [-0.39, 0.29) is 5.69 Å². The Morgan fingerprint density at radius 3 is 2.90 bits per heavy atom. The molecule has 0 radical (unpaired) electrons. The molecule has 116 valence electrons. The lowest BCUT2D eigenvalue weighted by Gasteiger charge is -2.26. The molecule has 2 heterocycles. The third-order valence-electron chi connectivity index (χ3n) is 3.68. The van der Waals surface area contributed by atoms with Crippen molar-refractivity contribution in [2.24, 2.45) is 5.92 Å². The van der Waals surface area contributed by atoms with Crippen molar-refractivity contribution in [3.05, 3.63) is 17.8 Å². The maximum absolute atomic E-state index is 11.3. The molecule has 0 unspecified atom stereocenters. The highest BCUT2D eigenvalue weighted by molar-refractivity contribution is 5.86. The number of nitrogens with one attached hydrogen (secondary N) is 1. The summed E-state index contributed by atoms with van der Waals surface area (Å²) in [7, 11) is 1.33. The maximum atomic E-state index is 11.3. The Balaban J connectivity index is 1.86. The summed E-state index contributed by atoms with van der Waals surface area (Å²) in [5.74, 6) is 0.914. The Morgan fingerprint density at radius 2 is 2.29 bits per heavy atom. The third kappa shape index (κ3) is 4.39. The minimum Gasteiger partial charge on any atom is -0.464 e. The summed E-state index contributed by atoms with van der Waals surface area (Å²) in [6, 6.07) is 3.94. The molecule has 6 nitrogen and oxygen atoms in total. The summed E-state index contributed by atoms with van der Waals surface area (Å²) >= 11 is 0. The third-order valence-corrected chi connectivity index (χ3v) is 3.68. The summed E-state index contributed by atoms with van der Waals surface area (Å²) in [6.07, 6.45) is 2.47. The van der Waals surface area contributed by atoms with Gasteiger partial charge in [-0.2, -0.15) is 0 Å². The molecule has 1 aromatic rings. The minimum atomic E-state index is -0.465. The Labute approximate surface area is 125 Å². The fourth-order valence-corrected chi connectivity index (χ4v) is 2.70. The van der Waals surface area contributed by atoms with Gasteiger partial charge in [0, 0.05) is 19.1 Å². The molecule has 1 atom stereocenters. The van der Waals surface area contributed by atoms with E-state index >= 15 is 0 Å². The van der Waals surface area contributed by atoms with E-state index in [0.717, 1.165) is 13.1 Å². The molecule has 6 heteroatoms. The molecule has 1 fully saturated rings. The number of carbonyl (C=O) groups is 1. The molecule has 1 aromatic heterocycles. The van der Waals surface area contributed by atoms with Crippen LogP contribution < -0.4 is 5.32 Å². The second kappa shape index (κ2) is 7.36. The van der Waals surface area contributed by atoms with Crippen LogP contribution in [0.25, 0.3) is 0 Å². The molecule has 0 bridgehead atoms. The van der Waals surface area contributed by atoms with Crippen LogP contribution >= 0.6 is 0 Å². The van der Waals surface area contributed by atoms with Crippen LogP contribution in [0.5, 0.6) is 0 Å². The lowest BCUT2D eigenvalue weighted by atomic mass is 10.1. The lowest BCUT2D eigenvalue weighted by Crippen LogP contribution is -2.37. The van der Waals surface area contributed by atoms with E-state index < -0.39 is 5.97 Å². The largest absolute Gasteiger partial charge is 0.464 e. The van der Waals surface area contributed by atoms with Crippen molar-refractivity contribution in [1.82, 2.24) is 15.1 Å². The summed E-state index contributed by atoms with van der Waals surface area (Å²) in [5.41, 5.74) is 0.227. The zero-order valence-electron chi connectivity index (χ0n) is 13.0. The molecule has 1 saturated heterocycles. The SMILES string of the molecule is COC(=O)c1ccc(NC[C@H]2CCCN2CC(C)C)nn1. The average Bonchev–Trinajstić information content (AvgIpc) is 2.91. The molecule has 1 aliphatic rings. The zero-order chi connectivity index (χ0) is 15.2. The maximum Gasteiger partial charge on any atom is 0.358 e. The van der Waals surface area contributed by atoms with Crippen molar-refractivity contribution in [2.45, 2.75) is 32.7 Å². The highest BCUT2D eigenvalue weighted by Crippen LogP contribution is 2.19. The van der Waals surface area contributed by atoms with Crippen molar-refractivity contribution in [3.8, 4) is 0 Å². The van der Waals surface area contributed by atoms with E-state index in [4.69, 9.17) is 0 Å². The van der Waals surface area contributed by atoms with Crippen molar-refractivity contribution in [2.75, 3.05) is 32.1 Å². The lowest BCUT2D eigenvalue weighted by molar-refractivity contribution is 0.0593. The van der Waals surface area contributed by atoms with Gasteiger partial charge >= 0.3 is 5.97 Å². The number of ether oxygens (including phenoxy) is 1. The van der Waals surface area contributed by atoms with Gasteiger partial charge < -0.3 is 10.1 Å². The molecule has 21 heavy (non-hydrogen) atoms. The van der Waals surface area contributed by atoms with Crippen LogP contribution in [-0.4, -0.2) is 53.9 Å².